The van der Waals surface area contributed by atoms with Gasteiger partial charge in [0.1, 0.15) is 11.4 Å². The third kappa shape index (κ3) is 6.18. The van der Waals surface area contributed by atoms with Gasteiger partial charge in [-0.1, -0.05) is 32.9 Å². The Morgan fingerprint density at radius 2 is 1.83 bits per heavy atom. The van der Waals surface area contributed by atoms with Gasteiger partial charge in [0.25, 0.3) is 0 Å². The van der Waals surface area contributed by atoms with Crippen molar-refractivity contribution in [2.24, 2.45) is 7.05 Å². The third-order valence-electron chi connectivity index (χ3n) is 7.41. The predicted molar refractivity (Wildman–Crippen MR) is 146 cm³/mol. The van der Waals surface area contributed by atoms with Gasteiger partial charge in [-0.25, -0.2) is 4.79 Å². The molecule has 0 spiro atoms. The lowest BCUT2D eigenvalue weighted by atomic mass is 10.0. The lowest BCUT2D eigenvalue weighted by molar-refractivity contribution is 0.0687. The number of phenols is 1. The number of benzene rings is 2. The molecule has 4 N–H and O–H groups in total. The van der Waals surface area contributed by atoms with Crippen LogP contribution in [0.3, 0.4) is 0 Å². The Hall–Kier alpha value is -2.65. The number of carboxylic acids is 1. The number of hydrogen-bond acceptors (Lipinski definition) is 5. The minimum Gasteiger partial charge on any atom is -0.508 e. The fourth-order valence-electron chi connectivity index (χ4n) is 4.16. The van der Waals surface area contributed by atoms with E-state index < -0.39 is 14.3 Å². The van der Waals surface area contributed by atoms with Crippen LogP contribution in [0, 0.1) is 0 Å². The Balaban J connectivity index is 1.77. The number of aromatic nitrogens is 1. The molecule has 0 unspecified atom stereocenters. The minimum atomic E-state index is -2.10. The highest BCUT2D eigenvalue weighted by Crippen LogP contribution is 2.40. The molecule has 1 aromatic heterocycles. The summed E-state index contributed by atoms with van der Waals surface area (Å²) >= 11 is 0. The third-order valence-corrected chi connectivity index (χ3v) is 11.9. The van der Waals surface area contributed by atoms with E-state index in [0.717, 1.165) is 28.5 Å². The fraction of sp³-hybridized carbons (Fsp3) is 0.464. The van der Waals surface area contributed by atoms with Gasteiger partial charge < -0.3 is 29.6 Å². The maximum atomic E-state index is 11.5. The lowest BCUT2D eigenvalue weighted by Gasteiger charge is -2.40. The molecule has 3 aromatic rings. The van der Waals surface area contributed by atoms with Crippen molar-refractivity contribution in [2.75, 3.05) is 6.54 Å². The van der Waals surface area contributed by atoms with Gasteiger partial charge in [-0.15, -0.1) is 0 Å². The van der Waals surface area contributed by atoms with Crippen molar-refractivity contribution in [3.8, 4) is 5.75 Å². The zero-order valence-electron chi connectivity index (χ0n) is 22.4. The highest BCUT2D eigenvalue weighted by atomic mass is 28.4. The Morgan fingerprint density at radius 1 is 1.14 bits per heavy atom. The summed E-state index contributed by atoms with van der Waals surface area (Å²) < 4.78 is 8.48. The maximum absolute atomic E-state index is 11.5. The monoisotopic (exact) mass is 512 g/mol. The summed E-state index contributed by atoms with van der Waals surface area (Å²) in [4.78, 5) is 11.5. The van der Waals surface area contributed by atoms with Crippen LogP contribution in [-0.2, 0) is 24.5 Å². The number of fused-ring (bicyclic) bond motifs is 1. The molecule has 8 heteroatoms. The highest BCUT2D eigenvalue weighted by molar-refractivity contribution is 6.74. The number of hydrogen-bond donors (Lipinski definition) is 4. The van der Waals surface area contributed by atoms with E-state index in [0.29, 0.717) is 12.1 Å². The Kier molecular flexibility index (Phi) is 8.35. The van der Waals surface area contributed by atoms with Crippen LogP contribution in [0.25, 0.3) is 10.9 Å². The Morgan fingerprint density at radius 3 is 2.44 bits per heavy atom. The largest absolute Gasteiger partial charge is 0.508 e. The van der Waals surface area contributed by atoms with Crippen molar-refractivity contribution >= 4 is 25.2 Å². The smallest absolute Gasteiger partial charge is 0.352 e. The summed E-state index contributed by atoms with van der Waals surface area (Å²) in [5.41, 5.74) is 3.70. The van der Waals surface area contributed by atoms with E-state index in [1.54, 1.807) is 23.7 Å². The number of aromatic hydroxyl groups is 1. The van der Waals surface area contributed by atoms with Gasteiger partial charge in [0.05, 0.1) is 12.7 Å². The molecule has 2 atom stereocenters. The second kappa shape index (κ2) is 10.8. The average molecular weight is 513 g/mol. The maximum Gasteiger partial charge on any atom is 0.352 e. The first-order chi connectivity index (χ1) is 16.7. The lowest BCUT2D eigenvalue weighted by Crippen LogP contribution is -2.44. The molecule has 36 heavy (non-hydrogen) atoms. The number of carboxylic acid groups (broad SMARTS) is 1. The average Bonchev–Trinajstić information content (AvgIpc) is 3.12. The van der Waals surface area contributed by atoms with E-state index in [-0.39, 0.29) is 35.2 Å². The number of aromatic carboxylic acids is 1. The molecule has 0 amide bonds. The summed E-state index contributed by atoms with van der Waals surface area (Å²) in [6.45, 7) is 13.5. The number of aryl methyl sites for hydroxylation is 1. The summed E-state index contributed by atoms with van der Waals surface area (Å²) in [5.74, 6) is -0.854. The highest BCUT2D eigenvalue weighted by Gasteiger charge is 2.39. The molecule has 0 aliphatic heterocycles. The topological polar surface area (TPSA) is 104 Å². The van der Waals surface area contributed by atoms with E-state index in [2.05, 4.69) is 52.2 Å². The second-order valence-electron chi connectivity index (χ2n) is 11.2. The summed E-state index contributed by atoms with van der Waals surface area (Å²) in [7, 11) is -0.329. The van der Waals surface area contributed by atoms with Crippen LogP contribution >= 0.6 is 0 Å². The molecule has 0 radical (unpaired) electrons. The molecule has 1 heterocycles. The van der Waals surface area contributed by atoms with E-state index in [1.165, 1.54) is 0 Å². The second-order valence-corrected chi connectivity index (χ2v) is 16.0. The number of aliphatic hydroxyl groups is 1. The van der Waals surface area contributed by atoms with Gasteiger partial charge >= 0.3 is 5.97 Å². The number of aliphatic hydroxyl groups excluding tert-OH is 1. The van der Waals surface area contributed by atoms with E-state index in [4.69, 9.17) is 4.43 Å². The van der Waals surface area contributed by atoms with Gasteiger partial charge in [0.15, 0.2) is 8.32 Å². The van der Waals surface area contributed by atoms with Crippen molar-refractivity contribution in [3.63, 3.8) is 0 Å². The minimum absolute atomic E-state index is 0.0352. The van der Waals surface area contributed by atoms with Gasteiger partial charge in [-0.3, -0.25) is 0 Å². The summed E-state index contributed by atoms with van der Waals surface area (Å²) in [5, 5.41) is 33.7. The van der Waals surface area contributed by atoms with Crippen molar-refractivity contribution < 1.29 is 24.5 Å². The van der Waals surface area contributed by atoms with Crippen LogP contribution in [-0.4, -0.2) is 46.8 Å². The molecule has 196 valence electrons. The van der Waals surface area contributed by atoms with Gasteiger partial charge in [0, 0.05) is 36.1 Å². The molecule has 0 saturated carbocycles. The van der Waals surface area contributed by atoms with Crippen LogP contribution in [0.1, 0.15) is 61.0 Å². The van der Waals surface area contributed by atoms with Crippen molar-refractivity contribution in [1.29, 1.82) is 0 Å². The number of rotatable bonds is 10. The molecular weight excluding hydrogens is 472 g/mol. The van der Waals surface area contributed by atoms with Crippen LogP contribution in [0.5, 0.6) is 5.75 Å². The van der Waals surface area contributed by atoms with Crippen molar-refractivity contribution in [1.82, 2.24) is 9.88 Å². The molecule has 2 aromatic carbocycles. The quantitative estimate of drug-likeness (QED) is 0.273. The Labute approximate surface area is 214 Å². The van der Waals surface area contributed by atoms with Gasteiger partial charge in [-0.05, 0) is 72.9 Å². The summed E-state index contributed by atoms with van der Waals surface area (Å²) in [6.07, 6.45) is 0.548. The molecule has 0 bridgehead atoms. The first-order valence-electron chi connectivity index (χ1n) is 12.4. The molecule has 0 fully saturated rings. The first kappa shape index (κ1) is 27.9. The molecule has 0 aliphatic rings. The number of carbonyl (C=O) groups is 1. The molecule has 7 nitrogen and oxygen atoms in total. The van der Waals surface area contributed by atoms with Crippen LogP contribution < -0.4 is 5.32 Å². The Bertz CT molecular complexity index is 1230. The molecule has 0 saturated heterocycles. The summed E-state index contributed by atoms with van der Waals surface area (Å²) in [6, 6.07) is 13.2. The standard InChI is InChI=1S/C28H40N2O5Si/c1-18(12-19-8-10-23-21(13-19)15-24(27(33)34)30(23)5)29-16-26(35-36(6,7)28(2,3)4)20-9-11-25(32)22(14-20)17-31/h8-11,13-15,18,26,29,31-32H,12,16-17H2,1-7H3,(H,33,34)/t18-,26+/m1/s1. The van der Waals surface area contributed by atoms with Crippen LogP contribution in [0.2, 0.25) is 18.1 Å². The van der Waals surface area contributed by atoms with Gasteiger partial charge in [-0.2, -0.15) is 0 Å². The normalized spacial score (nSPS) is 14.2. The zero-order valence-corrected chi connectivity index (χ0v) is 23.4. The SMILES string of the molecule is C[C@H](Cc1ccc2c(c1)cc(C(=O)O)n2C)NC[C@H](O[Si](C)(C)C(C)(C)C)c1ccc(O)c(CO)c1. The fourth-order valence-corrected chi connectivity index (χ4v) is 5.44. The number of nitrogens with one attached hydrogen (secondary N) is 1. The van der Waals surface area contributed by atoms with Gasteiger partial charge in [0.2, 0.25) is 0 Å². The predicted octanol–water partition coefficient (Wildman–Crippen LogP) is 5.36. The van der Waals surface area contributed by atoms with Crippen LogP contribution in [0.4, 0.5) is 0 Å². The molecule has 0 aliphatic carbocycles. The first-order valence-corrected chi connectivity index (χ1v) is 15.3. The zero-order chi connectivity index (χ0) is 26.8. The van der Waals surface area contributed by atoms with E-state index >= 15 is 0 Å². The van der Waals surface area contributed by atoms with E-state index in [9.17, 15) is 20.1 Å². The van der Waals surface area contributed by atoms with Crippen molar-refractivity contribution in [2.45, 2.75) is 71.0 Å². The van der Waals surface area contributed by atoms with Crippen LogP contribution in [0.15, 0.2) is 42.5 Å². The van der Waals surface area contributed by atoms with Crippen molar-refractivity contribution in [3.05, 3.63) is 64.8 Å². The van der Waals surface area contributed by atoms with E-state index in [1.807, 2.05) is 24.3 Å². The number of nitrogens with zero attached hydrogens (tertiary/aromatic N) is 1. The molecule has 3 rings (SSSR count). The molecular formula is C28H40N2O5Si.